The van der Waals surface area contributed by atoms with Gasteiger partial charge < -0.3 is 10.5 Å². The second kappa shape index (κ2) is 4.32. The number of hydrogen-bond donors (Lipinski definition) is 1. The Hall–Kier alpha value is -1.88. The van der Waals surface area contributed by atoms with E-state index in [1.807, 2.05) is 25.4 Å². The van der Waals surface area contributed by atoms with E-state index in [1.54, 1.807) is 24.2 Å². The molecule has 16 heavy (non-hydrogen) atoms. The maximum Gasteiger partial charge on any atom is 0.142 e. The first-order valence-corrected chi connectivity index (χ1v) is 4.95. The smallest absolute Gasteiger partial charge is 0.142 e. The van der Waals surface area contributed by atoms with Crippen LogP contribution < -0.4 is 10.5 Å². The van der Waals surface area contributed by atoms with Crippen LogP contribution in [-0.4, -0.2) is 21.9 Å². The number of aryl methyl sites for hydroxylation is 1. The standard InChI is InChI=1S/C11H14N4O/c1-15-6-4-9(14-15)11(12)8-3-5-13-7-10(8)16-2/h3-7,11H,12H2,1-2H3. The van der Waals surface area contributed by atoms with Gasteiger partial charge in [-0.05, 0) is 12.1 Å². The maximum absolute atomic E-state index is 6.12. The van der Waals surface area contributed by atoms with Gasteiger partial charge in [-0.1, -0.05) is 0 Å². The topological polar surface area (TPSA) is 66.0 Å². The van der Waals surface area contributed by atoms with Gasteiger partial charge in [0, 0.05) is 25.0 Å². The molecule has 2 heterocycles. The van der Waals surface area contributed by atoms with Crippen molar-refractivity contribution in [3.63, 3.8) is 0 Å². The SMILES string of the molecule is COc1cnccc1C(N)c1ccn(C)n1. The number of nitrogens with two attached hydrogens (primary N) is 1. The highest BCUT2D eigenvalue weighted by Gasteiger charge is 2.15. The van der Waals surface area contributed by atoms with Crippen molar-refractivity contribution in [2.45, 2.75) is 6.04 Å². The Balaban J connectivity index is 2.36. The molecular weight excluding hydrogens is 204 g/mol. The van der Waals surface area contributed by atoms with E-state index in [0.29, 0.717) is 5.75 Å². The molecule has 0 aliphatic heterocycles. The third-order valence-electron chi connectivity index (χ3n) is 2.42. The van der Waals surface area contributed by atoms with Gasteiger partial charge in [0.25, 0.3) is 0 Å². The van der Waals surface area contributed by atoms with E-state index in [2.05, 4.69) is 10.1 Å². The Morgan fingerprint density at radius 2 is 2.25 bits per heavy atom. The lowest BCUT2D eigenvalue weighted by Crippen LogP contribution is -2.14. The van der Waals surface area contributed by atoms with E-state index in [0.717, 1.165) is 11.3 Å². The van der Waals surface area contributed by atoms with Crippen LogP contribution in [0, 0.1) is 0 Å². The van der Waals surface area contributed by atoms with Crippen LogP contribution in [0.25, 0.3) is 0 Å². The molecule has 0 aliphatic carbocycles. The molecule has 0 spiro atoms. The van der Waals surface area contributed by atoms with Crippen LogP contribution in [0.2, 0.25) is 0 Å². The number of aromatic nitrogens is 3. The number of nitrogens with zero attached hydrogens (tertiary/aromatic N) is 3. The number of hydrogen-bond acceptors (Lipinski definition) is 4. The van der Waals surface area contributed by atoms with Gasteiger partial charge in [0.1, 0.15) is 5.75 Å². The maximum atomic E-state index is 6.12. The van der Waals surface area contributed by atoms with E-state index in [9.17, 15) is 0 Å². The molecule has 2 aromatic rings. The van der Waals surface area contributed by atoms with Crippen LogP contribution in [0.3, 0.4) is 0 Å². The number of ether oxygens (including phenoxy) is 1. The highest BCUT2D eigenvalue weighted by Crippen LogP contribution is 2.25. The molecule has 1 atom stereocenters. The molecule has 0 fully saturated rings. The highest BCUT2D eigenvalue weighted by molar-refractivity contribution is 5.36. The monoisotopic (exact) mass is 218 g/mol. The predicted molar refractivity (Wildman–Crippen MR) is 60.0 cm³/mol. The number of pyridine rings is 1. The minimum atomic E-state index is -0.292. The third kappa shape index (κ3) is 1.90. The van der Waals surface area contributed by atoms with Crippen molar-refractivity contribution >= 4 is 0 Å². The first-order chi connectivity index (χ1) is 7.72. The average molecular weight is 218 g/mol. The second-order valence-corrected chi connectivity index (χ2v) is 3.51. The molecule has 0 saturated heterocycles. The zero-order chi connectivity index (χ0) is 11.5. The molecule has 0 radical (unpaired) electrons. The van der Waals surface area contributed by atoms with Crippen LogP contribution in [0.1, 0.15) is 17.3 Å². The molecule has 2 aromatic heterocycles. The number of rotatable bonds is 3. The van der Waals surface area contributed by atoms with Gasteiger partial charge in [-0.25, -0.2) is 0 Å². The van der Waals surface area contributed by atoms with E-state index < -0.39 is 0 Å². The summed E-state index contributed by atoms with van der Waals surface area (Å²) in [4.78, 5) is 3.99. The molecule has 84 valence electrons. The quantitative estimate of drug-likeness (QED) is 0.830. The molecule has 0 amide bonds. The average Bonchev–Trinajstić information content (AvgIpc) is 2.75. The van der Waals surface area contributed by atoms with Crippen molar-refractivity contribution in [1.29, 1.82) is 0 Å². The Morgan fingerprint density at radius 3 is 2.88 bits per heavy atom. The molecule has 0 aliphatic rings. The summed E-state index contributed by atoms with van der Waals surface area (Å²) in [5.41, 5.74) is 7.82. The summed E-state index contributed by atoms with van der Waals surface area (Å²) in [6.45, 7) is 0. The predicted octanol–water partition coefficient (Wildman–Crippen LogP) is 0.872. The van der Waals surface area contributed by atoms with Crippen molar-refractivity contribution < 1.29 is 4.74 Å². The van der Waals surface area contributed by atoms with Gasteiger partial charge in [-0.15, -0.1) is 0 Å². The summed E-state index contributed by atoms with van der Waals surface area (Å²) >= 11 is 0. The summed E-state index contributed by atoms with van der Waals surface area (Å²) in [5.74, 6) is 0.681. The summed E-state index contributed by atoms with van der Waals surface area (Å²) < 4.78 is 6.94. The van der Waals surface area contributed by atoms with Gasteiger partial charge in [0.2, 0.25) is 0 Å². The first-order valence-electron chi connectivity index (χ1n) is 4.95. The van der Waals surface area contributed by atoms with E-state index in [-0.39, 0.29) is 6.04 Å². The lowest BCUT2D eigenvalue weighted by molar-refractivity contribution is 0.405. The minimum Gasteiger partial charge on any atom is -0.495 e. The highest BCUT2D eigenvalue weighted by atomic mass is 16.5. The summed E-state index contributed by atoms with van der Waals surface area (Å²) in [7, 11) is 3.46. The summed E-state index contributed by atoms with van der Waals surface area (Å²) in [6, 6.07) is 3.45. The fourth-order valence-corrected chi connectivity index (χ4v) is 1.58. The van der Waals surface area contributed by atoms with Gasteiger partial charge in [-0.3, -0.25) is 9.67 Å². The van der Waals surface area contributed by atoms with Gasteiger partial charge in [0.15, 0.2) is 0 Å². The van der Waals surface area contributed by atoms with Gasteiger partial charge in [0.05, 0.1) is 25.0 Å². The number of methoxy groups -OCH3 is 1. The van der Waals surface area contributed by atoms with Crippen molar-refractivity contribution in [1.82, 2.24) is 14.8 Å². The van der Waals surface area contributed by atoms with Crippen LogP contribution in [0.4, 0.5) is 0 Å². The molecule has 2 N–H and O–H groups in total. The molecule has 0 saturated carbocycles. The summed E-state index contributed by atoms with van der Waals surface area (Å²) in [6.07, 6.45) is 5.21. The minimum absolute atomic E-state index is 0.292. The Morgan fingerprint density at radius 1 is 1.44 bits per heavy atom. The Kier molecular flexibility index (Phi) is 2.87. The van der Waals surface area contributed by atoms with Gasteiger partial charge in [-0.2, -0.15) is 5.10 Å². The molecule has 0 bridgehead atoms. The van der Waals surface area contributed by atoms with E-state index in [1.165, 1.54) is 0 Å². The molecule has 5 nitrogen and oxygen atoms in total. The second-order valence-electron chi connectivity index (χ2n) is 3.51. The van der Waals surface area contributed by atoms with Crippen LogP contribution in [0.15, 0.2) is 30.7 Å². The lowest BCUT2D eigenvalue weighted by atomic mass is 10.1. The molecule has 0 aromatic carbocycles. The Bertz CT molecular complexity index is 480. The van der Waals surface area contributed by atoms with Crippen LogP contribution in [0.5, 0.6) is 5.75 Å². The zero-order valence-electron chi connectivity index (χ0n) is 9.29. The Labute approximate surface area is 93.9 Å². The van der Waals surface area contributed by atoms with E-state index in [4.69, 9.17) is 10.5 Å². The first kappa shape index (κ1) is 10.6. The summed E-state index contributed by atoms with van der Waals surface area (Å²) in [5, 5.41) is 4.28. The zero-order valence-corrected chi connectivity index (χ0v) is 9.29. The molecule has 2 rings (SSSR count). The third-order valence-corrected chi connectivity index (χ3v) is 2.42. The van der Waals surface area contributed by atoms with Crippen molar-refractivity contribution in [2.75, 3.05) is 7.11 Å². The van der Waals surface area contributed by atoms with E-state index >= 15 is 0 Å². The van der Waals surface area contributed by atoms with Crippen LogP contribution >= 0.6 is 0 Å². The van der Waals surface area contributed by atoms with Crippen LogP contribution in [-0.2, 0) is 7.05 Å². The van der Waals surface area contributed by atoms with Crippen molar-refractivity contribution in [3.8, 4) is 5.75 Å². The lowest BCUT2D eigenvalue weighted by Gasteiger charge is -2.12. The van der Waals surface area contributed by atoms with Gasteiger partial charge >= 0.3 is 0 Å². The fourth-order valence-electron chi connectivity index (χ4n) is 1.58. The normalized spacial score (nSPS) is 12.4. The van der Waals surface area contributed by atoms with Crippen molar-refractivity contribution in [3.05, 3.63) is 42.0 Å². The van der Waals surface area contributed by atoms with Crippen molar-refractivity contribution in [2.24, 2.45) is 12.8 Å². The largest absolute Gasteiger partial charge is 0.495 e. The molecule has 1 unspecified atom stereocenters. The molecule has 5 heteroatoms. The molecular formula is C11H14N4O. The fraction of sp³-hybridized carbons (Fsp3) is 0.273.